The van der Waals surface area contributed by atoms with Gasteiger partial charge in [-0.2, -0.15) is 0 Å². The quantitative estimate of drug-likeness (QED) is 0.339. The highest BCUT2D eigenvalue weighted by molar-refractivity contribution is 6.74. The van der Waals surface area contributed by atoms with Crippen molar-refractivity contribution in [1.82, 2.24) is 9.88 Å². The smallest absolute Gasteiger partial charge is 0.410 e. The van der Waals surface area contributed by atoms with Crippen LogP contribution in [-0.2, 0) is 14.0 Å². The van der Waals surface area contributed by atoms with E-state index in [0.29, 0.717) is 12.8 Å². The Morgan fingerprint density at radius 2 is 1.70 bits per heavy atom. The number of hydrogen-bond acceptors (Lipinski definition) is 5. The van der Waals surface area contributed by atoms with Crippen LogP contribution in [0.5, 0.6) is 0 Å². The molecular formula is C32H48N2O5Si. The number of aromatic nitrogens is 1. The van der Waals surface area contributed by atoms with Gasteiger partial charge in [-0.25, -0.2) is 4.79 Å². The zero-order chi connectivity index (χ0) is 30.1. The van der Waals surface area contributed by atoms with Crippen LogP contribution in [0.3, 0.4) is 0 Å². The van der Waals surface area contributed by atoms with E-state index in [1.807, 2.05) is 70.2 Å². The van der Waals surface area contributed by atoms with Gasteiger partial charge in [0, 0.05) is 18.5 Å². The Morgan fingerprint density at radius 3 is 2.25 bits per heavy atom. The second kappa shape index (κ2) is 11.6. The van der Waals surface area contributed by atoms with E-state index in [4.69, 9.17) is 14.1 Å². The molecule has 0 saturated heterocycles. The predicted octanol–water partition coefficient (Wildman–Crippen LogP) is 8.21. The molecule has 1 N–H and O–H groups in total. The van der Waals surface area contributed by atoms with E-state index in [0.717, 1.165) is 35.0 Å². The van der Waals surface area contributed by atoms with E-state index in [9.17, 15) is 14.7 Å². The summed E-state index contributed by atoms with van der Waals surface area (Å²) >= 11 is 0. The number of ether oxygens (including phenoxy) is 1. The van der Waals surface area contributed by atoms with Crippen LogP contribution in [0, 0.1) is 5.41 Å². The van der Waals surface area contributed by atoms with E-state index in [1.54, 1.807) is 11.9 Å². The lowest BCUT2D eigenvalue weighted by Gasteiger charge is -2.42. The third-order valence-electron chi connectivity index (χ3n) is 8.54. The number of aliphatic carboxylic acids is 1. The number of hydrogen-bond donors (Lipinski definition) is 1. The third kappa shape index (κ3) is 7.52. The molecule has 0 bridgehead atoms. The van der Waals surface area contributed by atoms with Gasteiger partial charge in [-0.15, -0.1) is 0 Å². The highest BCUT2D eigenvalue weighted by Gasteiger charge is 2.44. The summed E-state index contributed by atoms with van der Waals surface area (Å²) in [5.41, 5.74) is 0.963. The molecule has 0 spiro atoms. The first-order valence-electron chi connectivity index (χ1n) is 14.3. The third-order valence-corrected chi connectivity index (χ3v) is 13.1. The van der Waals surface area contributed by atoms with Crippen molar-refractivity contribution >= 4 is 37.4 Å². The maximum Gasteiger partial charge on any atom is 0.410 e. The SMILES string of the molecule is C[C@H](c1ccc2ccc(/C=C/C3(C(=O)O)CCC(O[Si](C)(C)C(C)(C)C)CC3)cc2n1)N(C)C(=O)OC(C)(C)C. The Kier molecular flexibility index (Phi) is 9.26. The number of carbonyl (C=O) groups excluding carboxylic acids is 1. The summed E-state index contributed by atoms with van der Waals surface area (Å²) in [4.78, 5) is 31.4. The molecule has 0 unspecified atom stereocenters. The fourth-order valence-corrected chi connectivity index (χ4v) is 6.12. The Bertz CT molecular complexity index is 1250. The van der Waals surface area contributed by atoms with E-state index < -0.39 is 31.4 Å². The zero-order valence-electron chi connectivity index (χ0n) is 26.0. The van der Waals surface area contributed by atoms with Crippen LogP contribution in [0.4, 0.5) is 4.79 Å². The van der Waals surface area contributed by atoms with Gasteiger partial charge in [0.1, 0.15) is 5.60 Å². The highest BCUT2D eigenvalue weighted by Crippen LogP contribution is 2.43. The van der Waals surface area contributed by atoms with Crippen molar-refractivity contribution in [2.75, 3.05) is 7.05 Å². The molecule has 0 aliphatic heterocycles. The molecule has 1 amide bonds. The molecule has 8 heteroatoms. The topological polar surface area (TPSA) is 89.0 Å². The van der Waals surface area contributed by atoms with Crippen LogP contribution in [0.15, 0.2) is 36.4 Å². The highest BCUT2D eigenvalue weighted by atomic mass is 28.4. The van der Waals surface area contributed by atoms with Crippen LogP contribution in [0.25, 0.3) is 17.0 Å². The molecule has 7 nitrogen and oxygen atoms in total. The molecule has 1 atom stereocenters. The number of carboxylic acids is 1. The van der Waals surface area contributed by atoms with E-state index in [2.05, 4.69) is 33.9 Å². The Balaban J connectivity index is 1.77. The molecule has 1 heterocycles. The van der Waals surface area contributed by atoms with Crippen molar-refractivity contribution in [1.29, 1.82) is 0 Å². The summed E-state index contributed by atoms with van der Waals surface area (Å²) in [7, 11) is -0.192. The van der Waals surface area contributed by atoms with Crippen molar-refractivity contribution in [3.63, 3.8) is 0 Å². The Labute approximate surface area is 241 Å². The number of carbonyl (C=O) groups is 2. The van der Waals surface area contributed by atoms with Gasteiger partial charge in [0.15, 0.2) is 8.32 Å². The molecule has 1 aromatic carbocycles. The van der Waals surface area contributed by atoms with Crippen LogP contribution in [0.2, 0.25) is 18.1 Å². The molecule has 1 fully saturated rings. The van der Waals surface area contributed by atoms with Crippen LogP contribution in [-0.4, -0.2) is 54.1 Å². The summed E-state index contributed by atoms with van der Waals surface area (Å²) in [5.74, 6) is -0.783. The molecule has 1 saturated carbocycles. The second-order valence-electron chi connectivity index (χ2n) is 13.8. The first-order valence-corrected chi connectivity index (χ1v) is 17.2. The van der Waals surface area contributed by atoms with Gasteiger partial charge in [0.2, 0.25) is 0 Å². The monoisotopic (exact) mass is 568 g/mol. The average Bonchev–Trinajstić information content (AvgIpc) is 2.85. The molecule has 40 heavy (non-hydrogen) atoms. The van der Waals surface area contributed by atoms with Crippen LogP contribution < -0.4 is 0 Å². The van der Waals surface area contributed by atoms with Gasteiger partial charge in [0.05, 0.1) is 22.7 Å². The molecule has 1 aliphatic rings. The first kappa shape index (κ1) is 31.8. The van der Waals surface area contributed by atoms with Gasteiger partial charge in [-0.05, 0) is 89.2 Å². The number of amides is 1. The largest absolute Gasteiger partial charge is 0.481 e. The van der Waals surface area contributed by atoms with Gasteiger partial charge >= 0.3 is 12.1 Å². The van der Waals surface area contributed by atoms with Gasteiger partial charge in [-0.3, -0.25) is 9.78 Å². The first-order chi connectivity index (χ1) is 18.3. The van der Waals surface area contributed by atoms with Gasteiger partial charge in [-0.1, -0.05) is 51.1 Å². The summed E-state index contributed by atoms with van der Waals surface area (Å²) in [5, 5.41) is 11.3. The maximum atomic E-state index is 12.6. The molecule has 1 aliphatic carbocycles. The fourth-order valence-electron chi connectivity index (χ4n) is 4.70. The van der Waals surface area contributed by atoms with Crippen molar-refractivity contribution in [3.8, 4) is 0 Å². The number of benzene rings is 1. The second-order valence-corrected chi connectivity index (χ2v) is 18.6. The molecule has 3 rings (SSSR count). The number of rotatable bonds is 7. The Morgan fingerprint density at radius 1 is 1.10 bits per heavy atom. The number of nitrogens with zero attached hydrogens (tertiary/aromatic N) is 2. The molecule has 2 aromatic rings. The van der Waals surface area contributed by atoms with E-state index >= 15 is 0 Å². The summed E-state index contributed by atoms with van der Waals surface area (Å²) < 4.78 is 12.1. The lowest BCUT2D eigenvalue weighted by atomic mass is 9.73. The lowest BCUT2D eigenvalue weighted by molar-refractivity contribution is -0.148. The lowest BCUT2D eigenvalue weighted by Crippen LogP contribution is -2.46. The number of fused-ring (bicyclic) bond motifs is 1. The minimum atomic E-state index is -1.90. The standard InChI is InChI=1S/C32H48N2O5Si/c1-22(34(8)29(37)38-30(2,3)4)26-14-13-24-12-11-23(21-27(24)33-26)15-18-32(28(35)36)19-16-25(17-20-32)39-40(9,10)31(5,6)7/h11-15,18,21-22,25H,16-17,19-20H2,1-10H3,(H,35,36)/b18-15+/t22-,25?,32?/m1/s1. The summed E-state index contributed by atoms with van der Waals surface area (Å²) in [6.07, 6.45) is 6.09. The molecule has 1 aromatic heterocycles. The average molecular weight is 569 g/mol. The van der Waals surface area contributed by atoms with E-state index in [1.165, 1.54) is 0 Å². The van der Waals surface area contributed by atoms with E-state index in [-0.39, 0.29) is 17.2 Å². The van der Waals surface area contributed by atoms with Gasteiger partial charge < -0.3 is 19.2 Å². The van der Waals surface area contributed by atoms with Crippen molar-refractivity contribution in [2.45, 2.75) is 110 Å². The summed E-state index contributed by atoms with van der Waals surface area (Å²) in [6, 6.07) is 9.58. The molecule has 0 radical (unpaired) electrons. The summed E-state index contributed by atoms with van der Waals surface area (Å²) in [6.45, 7) is 18.6. The van der Waals surface area contributed by atoms with Crippen LogP contribution in [0.1, 0.15) is 91.4 Å². The predicted molar refractivity (Wildman–Crippen MR) is 164 cm³/mol. The molecular weight excluding hydrogens is 520 g/mol. The minimum Gasteiger partial charge on any atom is -0.481 e. The Hall–Kier alpha value is -2.71. The van der Waals surface area contributed by atoms with Crippen molar-refractivity contribution in [3.05, 3.63) is 47.7 Å². The fraction of sp³-hybridized carbons (Fsp3) is 0.594. The molecule has 220 valence electrons. The number of pyridine rings is 1. The minimum absolute atomic E-state index is 0.117. The van der Waals surface area contributed by atoms with Crippen LogP contribution >= 0.6 is 0 Å². The van der Waals surface area contributed by atoms with Crippen molar-refractivity contribution < 1.29 is 23.9 Å². The normalized spacial score (nSPS) is 21.4. The number of carboxylic acid groups (broad SMARTS) is 1. The zero-order valence-corrected chi connectivity index (χ0v) is 27.0. The maximum absolute atomic E-state index is 12.6. The van der Waals surface area contributed by atoms with Gasteiger partial charge in [0.25, 0.3) is 0 Å². The van der Waals surface area contributed by atoms with Crippen molar-refractivity contribution in [2.24, 2.45) is 5.41 Å².